The van der Waals surface area contributed by atoms with Crippen LogP contribution in [0.15, 0.2) is 0 Å². The Morgan fingerprint density at radius 3 is 2.47 bits per heavy atom. The molecule has 2 nitrogen and oxygen atoms in total. The lowest BCUT2D eigenvalue weighted by Crippen LogP contribution is -2.64. The van der Waals surface area contributed by atoms with Gasteiger partial charge in [-0.1, -0.05) is 20.3 Å². The summed E-state index contributed by atoms with van der Waals surface area (Å²) >= 11 is 0. The monoisotopic (exact) mass is 252 g/mol. The van der Waals surface area contributed by atoms with Crippen LogP contribution in [0, 0.1) is 5.92 Å². The first-order chi connectivity index (χ1) is 7.64. The van der Waals surface area contributed by atoms with E-state index < -0.39 is 12.7 Å². The minimum Gasteiger partial charge on any atom is -0.309 e. The van der Waals surface area contributed by atoms with Gasteiger partial charge < -0.3 is 5.32 Å². The van der Waals surface area contributed by atoms with Crippen molar-refractivity contribution in [2.75, 3.05) is 19.6 Å². The normalized spacial score (nSPS) is 28.1. The Morgan fingerprint density at radius 1 is 1.41 bits per heavy atom. The van der Waals surface area contributed by atoms with Crippen LogP contribution in [0.4, 0.5) is 13.2 Å². The zero-order valence-corrected chi connectivity index (χ0v) is 11.1. The number of nitrogens with one attached hydrogen (secondary N) is 1. The van der Waals surface area contributed by atoms with E-state index in [1.807, 2.05) is 27.7 Å². The second-order valence-electron chi connectivity index (χ2n) is 5.74. The van der Waals surface area contributed by atoms with Crippen molar-refractivity contribution < 1.29 is 13.2 Å². The van der Waals surface area contributed by atoms with Crippen LogP contribution in [-0.2, 0) is 0 Å². The summed E-state index contributed by atoms with van der Waals surface area (Å²) in [4.78, 5) is 1.59. The van der Waals surface area contributed by atoms with Gasteiger partial charge in [0.2, 0.25) is 0 Å². The smallest absolute Gasteiger partial charge is 0.309 e. The molecule has 1 fully saturated rings. The lowest BCUT2D eigenvalue weighted by molar-refractivity contribution is -0.158. The molecule has 102 valence electrons. The van der Waals surface area contributed by atoms with Gasteiger partial charge in [-0.15, -0.1) is 0 Å². The van der Waals surface area contributed by atoms with Crippen LogP contribution >= 0.6 is 0 Å². The van der Waals surface area contributed by atoms with E-state index >= 15 is 0 Å². The quantitative estimate of drug-likeness (QED) is 0.830. The van der Waals surface area contributed by atoms with E-state index in [0.717, 1.165) is 6.42 Å². The highest BCUT2D eigenvalue weighted by atomic mass is 19.4. The van der Waals surface area contributed by atoms with E-state index in [9.17, 15) is 13.2 Å². The molecular weight excluding hydrogens is 229 g/mol. The Labute approximate surface area is 102 Å². The Hall–Kier alpha value is -0.290. The number of halogens is 3. The summed E-state index contributed by atoms with van der Waals surface area (Å²) in [5.74, 6) is 0.279. The van der Waals surface area contributed by atoms with Gasteiger partial charge >= 0.3 is 6.18 Å². The second kappa shape index (κ2) is 5.14. The van der Waals surface area contributed by atoms with Crippen LogP contribution in [-0.4, -0.2) is 42.3 Å². The fraction of sp³-hybridized carbons (Fsp3) is 1.00. The Morgan fingerprint density at radius 2 is 2.00 bits per heavy atom. The summed E-state index contributed by atoms with van der Waals surface area (Å²) in [5.41, 5.74) is -0.241. The molecule has 0 radical (unpaired) electrons. The number of alkyl halides is 3. The molecule has 2 atom stereocenters. The lowest BCUT2D eigenvalue weighted by Gasteiger charge is -2.46. The molecule has 17 heavy (non-hydrogen) atoms. The van der Waals surface area contributed by atoms with E-state index in [-0.39, 0.29) is 17.5 Å². The molecule has 1 saturated heterocycles. The zero-order chi connectivity index (χ0) is 13.3. The molecule has 0 aromatic heterocycles. The molecule has 1 aliphatic heterocycles. The summed E-state index contributed by atoms with van der Waals surface area (Å²) in [7, 11) is 0. The maximum Gasteiger partial charge on any atom is 0.401 e. The molecule has 0 bridgehead atoms. The molecule has 5 heteroatoms. The molecule has 2 unspecified atom stereocenters. The summed E-state index contributed by atoms with van der Waals surface area (Å²) in [6.07, 6.45) is -3.21. The molecule has 0 spiro atoms. The highest BCUT2D eigenvalue weighted by Gasteiger charge is 2.40. The summed E-state index contributed by atoms with van der Waals surface area (Å²) in [5, 5.41) is 3.33. The molecule has 0 aromatic rings. The number of hydrogen-bond acceptors (Lipinski definition) is 2. The molecule has 0 saturated carbocycles. The Kier molecular flexibility index (Phi) is 4.47. The van der Waals surface area contributed by atoms with Gasteiger partial charge in [0.05, 0.1) is 6.54 Å². The molecule has 0 aliphatic carbocycles. The standard InChI is InChI=1S/C12H23F3N2/c1-5-9(2)10-6-16-11(3,4)7-17(10)8-12(13,14)15/h9-10,16H,5-8H2,1-4H3. The van der Waals surface area contributed by atoms with Gasteiger partial charge in [-0.05, 0) is 19.8 Å². The molecule has 0 aromatic carbocycles. The Balaban J connectivity index is 2.75. The Bertz CT molecular complexity index is 249. The SMILES string of the molecule is CCC(C)C1CNC(C)(C)CN1CC(F)(F)F. The summed E-state index contributed by atoms with van der Waals surface area (Å²) < 4.78 is 37.7. The summed E-state index contributed by atoms with van der Waals surface area (Å²) in [6.45, 7) is 8.23. The van der Waals surface area contributed by atoms with E-state index in [4.69, 9.17) is 0 Å². The van der Waals surface area contributed by atoms with Crippen LogP contribution < -0.4 is 5.32 Å². The highest BCUT2D eigenvalue weighted by molar-refractivity contribution is 4.94. The molecule has 1 heterocycles. The molecule has 1 N–H and O–H groups in total. The fourth-order valence-electron chi connectivity index (χ4n) is 2.43. The first-order valence-corrected chi connectivity index (χ1v) is 6.20. The van der Waals surface area contributed by atoms with Crippen molar-refractivity contribution in [3.8, 4) is 0 Å². The topological polar surface area (TPSA) is 15.3 Å². The third kappa shape index (κ3) is 4.47. The van der Waals surface area contributed by atoms with Gasteiger partial charge in [0.25, 0.3) is 0 Å². The van der Waals surface area contributed by atoms with E-state index in [1.54, 1.807) is 4.90 Å². The maximum atomic E-state index is 12.6. The lowest BCUT2D eigenvalue weighted by atomic mass is 9.91. The first kappa shape index (κ1) is 14.8. The third-order valence-corrected chi connectivity index (χ3v) is 3.54. The van der Waals surface area contributed by atoms with E-state index in [0.29, 0.717) is 13.1 Å². The highest BCUT2D eigenvalue weighted by Crippen LogP contribution is 2.26. The van der Waals surface area contributed by atoms with Crippen LogP contribution in [0.3, 0.4) is 0 Å². The number of piperazine rings is 1. The van der Waals surface area contributed by atoms with Crippen LogP contribution in [0.5, 0.6) is 0 Å². The predicted molar refractivity (Wildman–Crippen MR) is 63.0 cm³/mol. The maximum absolute atomic E-state index is 12.6. The molecular formula is C12H23F3N2. The number of rotatable bonds is 3. The summed E-state index contributed by atoms with van der Waals surface area (Å²) in [6, 6.07) is -0.0188. The van der Waals surface area contributed by atoms with Crippen LogP contribution in [0.2, 0.25) is 0 Å². The second-order valence-corrected chi connectivity index (χ2v) is 5.74. The average molecular weight is 252 g/mol. The van der Waals surface area contributed by atoms with Crippen LogP contribution in [0.1, 0.15) is 34.1 Å². The molecule has 1 rings (SSSR count). The van der Waals surface area contributed by atoms with Crippen molar-refractivity contribution in [1.82, 2.24) is 10.2 Å². The van der Waals surface area contributed by atoms with E-state index in [1.165, 1.54) is 0 Å². The van der Waals surface area contributed by atoms with Crippen molar-refractivity contribution in [2.24, 2.45) is 5.92 Å². The molecule has 0 amide bonds. The van der Waals surface area contributed by atoms with Gasteiger partial charge in [0, 0.05) is 24.7 Å². The van der Waals surface area contributed by atoms with Crippen molar-refractivity contribution in [1.29, 1.82) is 0 Å². The number of hydrogen-bond donors (Lipinski definition) is 1. The van der Waals surface area contributed by atoms with Crippen molar-refractivity contribution >= 4 is 0 Å². The third-order valence-electron chi connectivity index (χ3n) is 3.54. The predicted octanol–water partition coefficient (Wildman–Crippen LogP) is 2.65. The van der Waals surface area contributed by atoms with Gasteiger partial charge in [0.15, 0.2) is 0 Å². The van der Waals surface area contributed by atoms with Gasteiger partial charge in [-0.2, -0.15) is 13.2 Å². The van der Waals surface area contributed by atoms with Crippen molar-refractivity contribution in [3.63, 3.8) is 0 Å². The number of nitrogens with zero attached hydrogens (tertiary/aromatic N) is 1. The average Bonchev–Trinajstić information content (AvgIpc) is 2.13. The first-order valence-electron chi connectivity index (χ1n) is 6.20. The van der Waals surface area contributed by atoms with Gasteiger partial charge in [-0.25, -0.2) is 0 Å². The van der Waals surface area contributed by atoms with Gasteiger partial charge in [-0.3, -0.25) is 4.90 Å². The van der Waals surface area contributed by atoms with Crippen molar-refractivity contribution in [2.45, 2.75) is 51.9 Å². The van der Waals surface area contributed by atoms with E-state index in [2.05, 4.69) is 5.32 Å². The fourth-order valence-corrected chi connectivity index (χ4v) is 2.43. The van der Waals surface area contributed by atoms with Crippen LogP contribution in [0.25, 0.3) is 0 Å². The van der Waals surface area contributed by atoms with Crippen molar-refractivity contribution in [3.05, 3.63) is 0 Å². The minimum atomic E-state index is -4.11. The molecule has 1 aliphatic rings. The largest absolute Gasteiger partial charge is 0.401 e. The van der Waals surface area contributed by atoms with Gasteiger partial charge in [0.1, 0.15) is 0 Å². The minimum absolute atomic E-state index is 0.0188. The zero-order valence-electron chi connectivity index (χ0n) is 11.1.